The Morgan fingerprint density at radius 3 is 3.07 bits per heavy atom. The number of fused-ring (bicyclic) bond motifs is 1. The molecule has 0 aliphatic carbocycles. The maximum absolute atomic E-state index is 5.23. The van der Waals surface area contributed by atoms with Gasteiger partial charge in [-0.3, -0.25) is 0 Å². The van der Waals surface area contributed by atoms with Crippen LogP contribution in [0.3, 0.4) is 0 Å². The first kappa shape index (κ1) is 9.67. The zero-order chi connectivity index (χ0) is 10.7. The van der Waals surface area contributed by atoms with Crippen molar-refractivity contribution in [2.24, 2.45) is 0 Å². The molecule has 0 aliphatic rings. The van der Waals surface area contributed by atoms with Gasteiger partial charge in [0.2, 0.25) is 0 Å². The molecule has 0 aliphatic heterocycles. The standard InChI is InChI=1S/C13H14N2/c1-3-5-10-6-7-12-11(8-10)13(9-15-12)14-4-2/h2,6-9,14-15H,3,5H2,1H3. The highest BCUT2D eigenvalue weighted by molar-refractivity contribution is 5.93. The van der Waals surface area contributed by atoms with Crippen molar-refractivity contribution in [2.75, 3.05) is 5.32 Å². The second-order valence-corrected chi connectivity index (χ2v) is 3.60. The summed E-state index contributed by atoms with van der Waals surface area (Å²) in [7, 11) is 0. The highest BCUT2D eigenvalue weighted by Crippen LogP contribution is 2.24. The fourth-order valence-corrected chi connectivity index (χ4v) is 1.79. The molecule has 0 fully saturated rings. The van der Waals surface area contributed by atoms with Gasteiger partial charge in [0.25, 0.3) is 0 Å². The lowest BCUT2D eigenvalue weighted by Crippen LogP contribution is -1.86. The van der Waals surface area contributed by atoms with Crippen molar-refractivity contribution in [3.63, 3.8) is 0 Å². The average molecular weight is 198 g/mol. The van der Waals surface area contributed by atoms with E-state index in [4.69, 9.17) is 6.42 Å². The number of terminal acetylenes is 1. The van der Waals surface area contributed by atoms with Crippen LogP contribution in [-0.2, 0) is 6.42 Å². The van der Waals surface area contributed by atoms with E-state index in [9.17, 15) is 0 Å². The Labute approximate surface area is 89.7 Å². The number of rotatable bonds is 3. The van der Waals surface area contributed by atoms with E-state index in [1.54, 1.807) is 0 Å². The van der Waals surface area contributed by atoms with Crippen molar-refractivity contribution >= 4 is 16.6 Å². The summed E-state index contributed by atoms with van der Waals surface area (Å²) in [4.78, 5) is 3.18. The third-order valence-corrected chi connectivity index (χ3v) is 2.49. The van der Waals surface area contributed by atoms with Crippen molar-refractivity contribution in [2.45, 2.75) is 19.8 Å². The molecule has 1 aromatic heterocycles. The number of benzene rings is 1. The number of aromatic nitrogens is 1. The van der Waals surface area contributed by atoms with Crippen molar-refractivity contribution in [3.8, 4) is 12.5 Å². The summed E-state index contributed by atoms with van der Waals surface area (Å²) >= 11 is 0. The smallest absolute Gasteiger partial charge is 0.0713 e. The van der Waals surface area contributed by atoms with Gasteiger partial charge < -0.3 is 10.3 Å². The van der Waals surface area contributed by atoms with Gasteiger partial charge in [0.1, 0.15) is 0 Å². The first-order valence-electron chi connectivity index (χ1n) is 5.16. The lowest BCUT2D eigenvalue weighted by molar-refractivity contribution is 0.924. The van der Waals surface area contributed by atoms with Gasteiger partial charge in [0, 0.05) is 23.1 Å². The Morgan fingerprint density at radius 2 is 2.33 bits per heavy atom. The maximum Gasteiger partial charge on any atom is 0.0713 e. The second-order valence-electron chi connectivity index (χ2n) is 3.60. The lowest BCUT2D eigenvalue weighted by atomic mass is 10.1. The van der Waals surface area contributed by atoms with Crippen LogP contribution in [0, 0.1) is 12.5 Å². The van der Waals surface area contributed by atoms with Gasteiger partial charge in [0.15, 0.2) is 0 Å². The van der Waals surface area contributed by atoms with Crippen LogP contribution >= 0.6 is 0 Å². The Hall–Kier alpha value is -1.88. The zero-order valence-electron chi connectivity index (χ0n) is 8.80. The molecular formula is C13H14N2. The monoisotopic (exact) mass is 198 g/mol. The first-order chi connectivity index (χ1) is 7.35. The van der Waals surface area contributed by atoms with Gasteiger partial charge in [-0.25, -0.2) is 0 Å². The predicted molar refractivity (Wildman–Crippen MR) is 64.7 cm³/mol. The molecule has 0 bridgehead atoms. The predicted octanol–water partition coefficient (Wildman–Crippen LogP) is 3.12. The van der Waals surface area contributed by atoms with E-state index in [2.05, 4.69) is 41.5 Å². The Bertz CT molecular complexity index is 503. The number of hydrogen-bond acceptors (Lipinski definition) is 1. The SMILES string of the molecule is C#CNc1c[nH]c2ccc(CCC)cc12. The quantitative estimate of drug-likeness (QED) is 0.575. The molecule has 76 valence electrons. The normalized spacial score (nSPS) is 10.1. The molecule has 0 unspecified atom stereocenters. The van der Waals surface area contributed by atoms with Crippen LogP contribution in [0.5, 0.6) is 0 Å². The molecule has 2 nitrogen and oxygen atoms in total. The van der Waals surface area contributed by atoms with Crippen LogP contribution < -0.4 is 5.32 Å². The number of nitrogens with one attached hydrogen (secondary N) is 2. The minimum absolute atomic E-state index is 0.977. The third kappa shape index (κ3) is 1.82. The second kappa shape index (κ2) is 4.10. The Balaban J connectivity index is 2.47. The summed E-state index contributed by atoms with van der Waals surface area (Å²) in [5.41, 5.74) is 3.45. The molecule has 2 N–H and O–H groups in total. The van der Waals surface area contributed by atoms with Crippen molar-refractivity contribution in [1.29, 1.82) is 0 Å². The molecule has 2 aromatic rings. The molecule has 0 radical (unpaired) electrons. The molecule has 0 atom stereocenters. The number of H-pyrrole nitrogens is 1. The molecular weight excluding hydrogens is 184 g/mol. The molecule has 0 amide bonds. The lowest BCUT2D eigenvalue weighted by Gasteiger charge is -2.00. The van der Waals surface area contributed by atoms with Gasteiger partial charge in [-0.2, -0.15) is 0 Å². The van der Waals surface area contributed by atoms with Crippen LogP contribution in [0.2, 0.25) is 0 Å². The van der Waals surface area contributed by atoms with Gasteiger partial charge in [-0.15, -0.1) is 0 Å². The van der Waals surface area contributed by atoms with Crippen molar-refractivity contribution < 1.29 is 0 Å². The van der Waals surface area contributed by atoms with Crippen molar-refractivity contribution in [1.82, 2.24) is 4.98 Å². The van der Waals surface area contributed by atoms with E-state index < -0.39 is 0 Å². The van der Waals surface area contributed by atoms with E-state index in [0.717, 1.165) is 24.0 Å². The third-order valence-electron chi connectivity index (χ3n) is 2.49. The van der Waals surface area contributed by atoms with E-state index >= 15 is 0 Å². The summed E-state index contributed by atoms with van der Waals surface area (Å²) in [5, 5.41) is 4.06. The number of aryl methyl sites for hydroxylation is 1. The average Bonchev–Trinajstić information content (AvgIpc) is 2.63. The maximum atomic E-state index is 5.23. The Morgan fingerprint density at radius 1 is 1.47 bits per heavy atom. The van der Waals surface area contributed by atoms with Gasteiger partial charge in [-0.1, -0.05) is 25.8 Å². The van der Waals surface area contributed by atoms with E-state index in [0.29, 0.717) is 0 Å². The van der Waals surface area contributed by atoms with Crippen LogP contribution in [0.25, 0.3) is 10.9 Å². The molecule has 0 saturated heterocycles. The van der Waals surface area contributed by atoms with E-state index in [-0.39, 0.29) is 0 Å². The van der Waals surface area contributed by atoms with Crippen molar-refractivity contribution in [3.05, 3.63) is 30.0 Å². The fourth-order valence-electron chi connectivity index (χ4n) is 1.79. The summed E-state index contributed by atoms with van der Waals surface area (Å²) in [5.74, 6) is 0. The summed E-state index contributed by atoms with van der Waals surface area (Å²) in [6.45, 7) is 2.18. The minimum atomic E-state index is 0.977. The topological polar surface area (TPSA) is 27.8 Å². The van der Waals surface area contributed by atoms with Crippen LogP contribution in [0.1, 0.15) is 18.9 Å². The largest absolute Gasteiger partial charge is 0.359 e. The highest BCUT2D eigenvalue weighted by atomic mass is 14.9. The number of hydrogen-bond donors (Lipinski definition) is 2. The summed E-state index contributed by atoms with van der Waals surface area (Å²) < 4.78 is 0. The van der Waals surface area contributed by atoms with Gasteiger partial charge in [-0.05, 0) is 24.1 Å². The minimum Gasteiger partial charge on any atom is -0.359 e. The first-order valence-corrected chi connectivity index (χ1v) is 5.16. The molecule has 0 spiro atoms. The Kier molecular flexibility index (Phi) is 2.64. The van der Waals surface area contributed by atoms with Crippen LogP contribution in [0.15, 0.2) is 24.4 Å². The summed E-state index contributed by atoms with van der Waals surface area (Å²) in [6, 6.07) is 8.89. The highest BCUT2D eigenvalue weighted by Gasteiger charge is 2.02. The number of anilines is 1. The van der Waals surface area contributed by atoms with Crippen LogP contribution in [-0.4, -0.2) is 4.98 Å². The molecule has 1 aromatic carbocycles. The van der Waals surface area contributed by atoms with E-state index in [1.807, 2.05) is 6.20 Å². The van der Waals surface area contributed by atoms with Crippen LogP contribution in [0.4, 0.5) is 5.69 Å². The molecule has 1 heterocycles. The van der Waals surface area contributed by atoms with Gasteiger partial charge >= 0.3 is 0 Å². The molecule has 2 heteroatoms. The van der Waals surface area contributed by atoms with Gasteiger partial charge in [0.05, 0.1) is 5.69 Å². The molecule has 2 rings (SSSR count). The molecule has 0 saturated carbocycles. The fraction of sp³-hybridized carbons (Fsp3) is 0.231. The number of aromatic amines is 1. The zero-order valence-corrected chi connectivity index (χ0v) is 8.80. The van der Waals surface area contributed by atoms with E-state index in [1.165, 1.54) is 10.9 Å². The summed E-state index contributed by atoms with van der Waals surface area (Å²) in [6.07, 6.45) is 9.40. The molecule has 15 heavy (non-hydrogen) atoms.